The Balaban J connectivity index is 1.47. The number of amides is 1. The fraction of sp³-hybridized carbons (Fsp3) is 0.385. The molecule has 0 unspecified atom stereocenters. The third kappa shape index (κ3) is 7.51. The molecule has 33 heavy (non-hydrogen) atoms. The van der Waals surface area contributed by atoms with Crippen molar-refractivity contribution in [3.05, 3.63) is 59.0 Å². The van der Waals surface area contributed by atoms with E-state index in [9.17, 15) is 4.79 Å². The monoisotopic (exact) mass is 485 g/mol. The maximum absolute atomic E-state index is 12.5. The molecule has 0 aliphatic carbocycles. The van der Waals surface area contributed by atoms with Gasteiger partial charge < -0.3 is 14.2 Å². The molecule has 0 saturated carbocycles. The molecule has 7 heteroatoms. The number of benzene rings is 2. The molecule has 0 aromatic heterocycles. The van der Waals surface area contributed by atoms with E-state index in [4.69, 9.17) is 26.4 Å². The Hall–Kier alpha value is -2.51. The second-order valence-electron chi connectivity index (χ2n) is 7.54. The summed E-state index contributed by atoms with van der Waals surface area (Å²) < 4.78 is 18.1. The fourth-order valence-electron chi connectivity index (χ4n) is 3.31. The van der Waals surface area contributed by atoms with Crippen molar-refractivity contribution in [1.29, 1.82) is 0 Å². The van der Waals surface area contributed by atoms with E-state index >= 15 is 0 Å². The molecular formula is C26H31NO4S2. The highest BCUT2D eigenvalue weighted by molar-refractivity contribution is 8.26. The molecule has 0 radical (unpaired) electrons. The van der Waals surface area contributed by atoms with Gasteiger partial charge in [-0.15, -0.1) is 0 Å². The number of unbranched alkanes of at least 4 members (excludes halogenated alkanes) is 3. The van der Waals surface area contributed by atoms with E-state index in [1.165, 1.54) is 31.0 Å². The molecule has 176 valence electrons. The second kappa shape index (κ2) is 13.3. The molecule has 1 fully saturated rings. The Morgan fingerprint density at radius 2 is 1.55 bits per heavy atom. The minimum absolute atomic E-state index is 0.0565. The van der Waals surface area contributed by atoms with Crippen LogP contribution >= 0.6 is 24.0 Å². The molecule has 5 nitrogen and oxygen atoms in total. The number of hydrogen-bond donors (Lipinski definition) is 0. The van der Waals surface area contributed by atoms with E-state index in [1.807, 2.05) is 61.5 Å². The van der Waals surface area contributed by atoms with Crippen molar-refractivity contribution in [2.24, 2.45) is 0 Å². The summed E-state index contributed by atoms with van der Waals surface area (Å²) in [6, 6.07) is 15.3. The van der Waals surface area contributed by atoms with Gasteiger partial charge in [0.15, 0.2) is 0 Å². The van der Waals surface area contributed by atoms with Gasteiger partial charge in [-0.1, -0.05) is 68.4 Å². The molecule has 2 aromatic carbocycles. The van der Waals surface area contributed by atoms with Gasteiger partial charge in [-0.2, -0.15) is 0 Å². The lowest BCUT2D eigenvalue weighted by molar-refractivity contribution is -0.121. The van der Waals surface area contributed by atoms with Crippen molar-refractivity contribution in [2.45, 2.75) is 39.5 Å². The van der Waals surface area contributed by atoms with Gasteiger partial charge in [-0.3, -0.25) is 9.69 Å². The molecule has 1 aliphatic rings. The van der Waals surface area contributed by atoms with E-state index in [-0.39, 0.29) is 5.91 Å². The van der Waals surface area contributed by atoms with Crippen molar-refractivity contribution in [1.82, 2.24) is 4.90 Å². The van der Waals surface area contributed by atoms with E-state index in [0.29, 0.717) is 34.7 Å². The Morgan fingerprint density at radius 1 is 0.879 bits per heavy atom. The minimum atomic E-state index is -0.0565. The van der Waals surface area contributed by atoms with Crippen LogP contribution in [0.1, 0.15) is 45.1 Å². The predicted octanol–water partition coefficient (Wildman–Crippen LogP) is 6.32. The highest BCUT2D eigenvalue weighted by Crippen LogP contribution is 2.34. The number of carbonyl (C=O) groups excluding carboxylic acids is 1. The first-order valence-corrected chi connectivity index (χ1v) is 12.7. The Bertz CT molecular complexity index is 959. The SMILES string of the molecule is CCCCCCOc1ccc(OCCOc2ccccc2/C=C2\SC(=S)N(CC)C2=O)cc1. The van der Waals surface area contributed by atoms with Gasteiger partial charge in [0.25, 0.3) is 5.91 Å². The highest BCUT2D eigenvalue weighted by atomic mass is 32.2. The molecule has 0 spiro atoms. The molecule has 1 saturated heterocycles. The number of thiocarbonyl (C=S) groups is 1. The summed E-state index contributed by atoms with van der Waals surface area (Å²) in [6.07, 6.45) is 6.61. The van der Waals surface area contributed by atoms with Crippen LogP contribution in [0.2, 0.25) is 0 Å². The predicted molar refractivity (Wildman–Crippen MR) is 139 cm³/mol. The van der Waals surface area contributed by atoms with Gasteiger partial charge in [0.1, 0.15) is 34.8 Å². The maximum Gasteiger partial charge on any atom is 0.266 e. The quantitative estimate of drug-likeness (QED) is 0.188. The number of likely N-dealkylation sites (N-methyl/N-ethyl adjacent to an activating group) is 1. The fourth-order valence-corrected chi connectivity index (χ4v) is 4.68. The molecule has 2 aromatic rings. The van der Waals surface area contributed by atoms with Gasteiger partial charge in [0.2, 0.25) is 0 Å². The van der Waals surface area contributed by atoms with E-state index in [2.05, 4.69) is 6.92 Å². The summed E-state index contributed by atoms with van der Waals surface area (Å²) in [6.45, 7) is 6.23. The van der Waals surface area contributed by atoms with Crippen molar-refractivity contribution >= 4 is 40.3 Å². The maximum atomic E-state index is 12.5. The van der Waals surface area contributed by atoms with Crippen LogP contribution in [0.4, 0.5) is 0 Å². The summed E-state index contributed by atoms with van der Waals surface area (Å²) in [5.41, 5.74) is 0.842. The summed E-state index contributed by atoms with van der Waals surface area (Å²) >= 11 is 6.61. The zero-order chi connectivity index (χ0) is 23.5. The highest BCUT2D eigenvalue weighted by Gasteiger charge is 2.30. The van der Waals surface area contributed by atoms with Crippen LogP contribution in [0, 0.1) is 0 Å². The lowest BCUT2D eigenvalue weighted by atomic mass is 10.2. The van der Waals surface area contributed by atoms with Crippen LogP contribution in [0.25, 0.3) is 6.08 Å². The van der Waals surface area contributed by atoms with Crippen LogP contribution in [0.3, 0.4) is 0 Å². The molecule has 0 bridgehead atoms. The zero-order valence-corrected chi connectivity index (χ0v) is 20.9. The minimum Gasteiger partial charge on any atom is -0.494 e. The lowest BCUT2D eigenvalue weighted by Crippen LogP contribution is -2.27. The zero-order valence-electron chi connectivity index (χ0n) is 19.2. The number of ether oxygens (including phenoxy) is 3. The van der Waals surface area contributed by atoms with Crippen molar-refractivity contribution < 1.29 is 19.0 Å². The number of thioether (sulfide) groups is 1. The Kier molecular flexibility index (Phi) is 10.1. The molecule has 1 amide bonds. The second-order valence-corrected chi connectivity index (χ2v) is 9.22. The molecular weight excluding hydrogens is 454 g/mol. The first-order chi connectivity index (χ1) is 16.1. The van der Waals surface area contributed by atoms with Crippen LogP contribution in [0.15, 0.2) is 53.4 Å². The molecule has 3 rings (SSSR count). The standard InChI is InChI=1S/C26H31NO4S2/c1-3-5-6-9-16-29-21-12-14-22(15-13-21)30-17-18-31-23-11-8-7-10-20(23)19-24-25(28)27(4-2)26(32)33-24/h7-8,10-15,19H,3-6,9,16-18H2,1-2H3/b24-19-. The molecule has 1 aliphatic heterocycles. The van der Waals surface area contributed by atoms with Crippen LogP contribution < -0.4 is 14.2 Å². The first kappa shape index (κ1) is 25.1. The summed E-state index contributed by atoms with van der Waals surface area (Å²) in [4.78, 5) is 14.7. The molecule has 1 heterocycles. The normalized spacial score (nSPS) is 14.7. The Morgan fingerprint density at radius 3 is 2.21 bits per heavy atom. The van der Waals surface area contributed by atoms with Crippen molar-refractivity contribution in [2.75, 3.05) is 26.4 Å². The van der Waals surface area contributed by atoms with E-state index in [0.717, 1.165) is 30.1 Å². The number of hydrogen-bond acceptors (Lipinski definition) is 6. The van der Waals surface area contributed by atoms with Gasteiger partial charge in [0, 0.05) is 12.1 Å². The molecule has 0 N–H and O–H groups in total. The van der Waals surface area contributed by atoms with E-state index < -0.39 is 0 Å². The smallest absolute Gasteiger partial charge is 0.266 e. The lowest BCUT2D eigenvalue weighted by Gasteiger charge is -2.12. The van der Waals surface area contributed by atoms with Crippen LogP contribution in [-0.2, 0) is 4.79 Å². The van der Waals surface area contributed by atoms with Crippen molar-refractivity contribution in [3.63, 3.8) is 0 Å². The summed E-state index contributed by atoms with van der Waals surface area (Å²) in [7, 11) is 0. The first-order valence-electron chi connectivity index (χ1n) is 11.4. The van der Waals surface area contributed by atoms with Gasteiger partial charge >= 0.3 is 0 Å². The van der Waals surface area contributed by atoms with Crippen LogP contribution in [-0.4, -0.2) is 41.5 Å². The third-order valence-electron chi connectivity index (χ3n) is 5.10. The van der Waals surface area contributed by atoms with Crippen LogP contribution in [0.5, 0.6) is 17.2 Å². The largest absolute Gasteiger partial charge is 0.494 e. The number of carbonyl (C=O) groups is 1. The van der Waals surface area contributed by atoms with E-state index in [1.54, 1.807) is 4.90 Å². The van der Waals surface area contributed by atoms with Gasteiger partial charge in [0.05, 0.1) is 11.5 Å². The van der Waals surface area contributed by atoms with Crippen molar-refractivity contribution in [3.8, 4) is 17.2 Å². The topological polar surface area (TPSA) is 48.0 Å². The third-order valence-corrected chi connectivity index (χ3v) is 6.47. The average molecular weight is 486 g/mol. The number of rotatable bonds is 13. The number of para-hydroxylation sites is 1. The average Bonchev–Trinajstić information content (AvgIpc) is 3.10. The summed E-state index contributed by atoms with van der Waals surface area (Å²) in [5, 5.41) is 0. The Labute approximate surface area is 206 Å². The molecule has 0 atom stereocenters. The number of nitrogens with zero attached hydrogens (tertiary/aromatic N) is 1. The van der Waals surface area contributed by atoms with Gasteiger partial charge in [-0.25, -0.2) is 0 Å². The van der Waals surface area contributed by atoms with Gasteiger partial charge in [-0.05, 0) is 49.8 Å². The summed E-state index contributed by atoms with van der Waals surface area (Å²) in [5.74, 6) is 2.28.